The fourth-order valence-corrected chi connectivity index (χ4v) is 3.42. The zero-order valence-electron chi connectivity index (χ0n) is 16.9. The molecule has 152 valence electrons. The number of aromatic nitrogens is 2. The molecule has 0 atom stereocenters. The molecule has 0 radical (unpaired) electrons. The number of hydrogen-bond donors (Lipinski definition) is 2. The van der Waals surface area contributed by atoms with E-state index in [0.717, 1.165) is 17.5 Å². The number of nitrogens with zero attached hydrogens (tertiary/aromatic N) is 2. The third-order valence-electron chi connectivity index (χ3n) is 5.06. The Balaban J connectivity index is 1.49. The first kappa shape index (κ1) is 19.7. The average Bonchev–Trinajstić information content (AvgIpc) is 3.24. The molecule has 0 unspecified atom stereocenters. The molecule has 30 heavy (non-hydrogen) atoms. The SMILES string of the molecule is CCCCCc1ccc(-c2ccc(-c3nnc(-c4cc(O)cc(O)c4)o3)cc2)cc1. The van der Waals surface area contributed by atoms with Crippen LogP contribution in [0, 0.1) is 0 Å². The molecule has 1 aromatic heterocycles. The number of rotatable bonds is 7. The van der Waals surface area contributed by atoms with Crippen LogP contribution in [0.2, 0.25) is 0 Å². The molecule has 0 aliphatic rings. The Morgan fingerprint density at radius 3 is 1.80 bits per heavy atom. The molecule has 2 N–H and O–H groups in total. The van der Waals surface area contributed by atoms with Gasteiger partial charge in [-0.15, -0.1) is 10.2 Å². The maximum absolute atomic E-state index is 9.64. The van der Waals surface area contributed by atoms with E-state index in [1.807, 2.05) is 24.3 Å². The van der Waals surface area contributed by atoms with Crippen LogP contribution in [0.4, 0.5) is 0 Å². The first-order valence-electron chi connectivity index (χ1n) is 10.2. The molecule has 0 spiro atoms. The van der Waals surface area contributed by atoms with Crippen LogP contribution in [0.1, 0.15) is 31.7 Å². The van der Waals surface area contributed by atoms with E-state index < -0.39 is 0 Å². The van der Waals surface area contributed by atoms with Crippen molar-refractivity contribution >= 4 is 0 Å². The van der Waals surface area contributed by atoms with Gasteiger partial charge in [0.2, 0.25) is 11.8 Å². The molecule has 0 aliphatic heterocycles. The molecule has 3 aromatic carbocycles. The Labute approximate surface area is 175 Å². The lowest BCUT2D eigenvalue weighted by molar-refractivity contribution is 0.450. The fraction of sp³-hybridized carbons (Fsp3) is 0.200. The first-order chi connectivity index (χ1) is 14.6. The minimum absolute atomic E-state index is 0.0644. The largest absolute Gasteiger partial charge is 0.508 e. The highest BCUT2D eigenvalue weighted by atomic mass is 16.4. The van der Waals surface area contributed by atoms with Crippen molar-refractivity contribution in [3.05, 3.63) is 72.3 Å². The van der Waals surface area contributed by atoms with Gasteiger partial charge < -0.3 is 14.6 Å². The van der Waals surface area contributed by atoms with E-state index in [1.165, 1.54) is 48.6 Å². The normalized spacial score (nSPS) is 11.0. The smallest absolute Gasteiger partial charge is 0.248 e. The second kappa shape index (κ2) is 8.82. The molecule has 4 aromatic rings. The highest BCUT2D eigenvalue weighted by Crippen LogP contribution is 2.30. The predicted molar refractivity (Wildman–Crippen MR) is 117 cm³/mol. The van der Waals surface area contributed by atoms with E-state index in [4.69, 9.17) is 4.42 Å². The summed E-state index contributed by atoms with van der Waals surface area (Å²) in [7, 11) is 0. The summed E-state index contributed by atoms with van der Waals surface area (Å²) in [5.74, 6) is 0.487. The summed E-state index contributed by atoms with van der Waals surface area (Å²) in [5, 5.41) is 27.4. The molecule has 0 fully saturated rings. The van der Waals surface area contributed by atoms with Gasteiger partial charge in [-0.2, -0.15) is 0 Å². The average molecular weight is 400 g/mol. The Hall–Kier alpha value is -3.60. The lowest BCUT2D eigenvalue weighted by atomic mass is 10.0. The van der Waals surface area contributed by atoms with E-state index >= 15 is 0 Å². The summed E-state index contributed by atoms with van der Waals surface area (Å²) in [6.45, 7) is 2.22. The lowest BCUT2D eigenvalue weighted by Gasteiger charge is -2.05. The van der Waals surface area contributed by atoms with Gasteiger partial charge in [-0.25, -0.2) is 0 Å². The summed E-state index contributed by atoms with van der Waals surface area (Å²) < 4.78 is 5.73. The number of benzene rings is 3. The van der Waals surface area contributed by atoms with Crippen LogP contribution in [-0.4, -0.2) is 20.4 Å². The molecular weight excluding hydrogens is 376 g/mol. The molecule has 0 aliphatic carbocycles. The summed E-state index contributed by atoms with van der Waals surface area (Å²) in [6, 6.07) is 20.9. The van der Waals surface area contributed by atoms with Gasteiger partial charge in [0.05, 0.1) is 0 Å². The molecular formula is C25H24N2O3. The minimum Gasteiger partial charge on any atom is -0.508 e. The summed E-state index contributed by atoms with van der Waals surface area (Å²) in [4.78, 5) is 0. The molecule has 0 saturated heterocycles. The molecule has 5 nitrogen and oxygen atoms in total. The van der Waals surface area contributed by atoms with E-state index in [-0.39, 0.29) is 17.4 Å². The van der Waals surface area contributed by atoms with Crippen LogP contribution in [-0.2, 0) is 6.42 Å². The maximum Gasteiger partial charge on any atom is 0.248 e. The van der Waals surface area contributed by atoms with E-state index in [2.05, 4.69) is 41.4 Å². The Morgan fingerprint density at radius 2 is 1.20 bits per heavy atom. The highest BCUT2D eigenvalue weighted by Gasteiger charge is 2.12. The van der Waals surface area contributed by atoms with Gasteiger partial charge in [0.1, 0.15) is 11.5 Å². The zero-order chi connectivity index (χ0) is 20.9. The van der Waals surface area contributed by atoms with Crippen molar-refractivity contribution in [3.63, 3.8) is 0 Å². The topological polar surface area (TPSA) is 79.4 Å². The fourth-order valence-electron chi connectivity index (χ4n) is 3.42. The van der Waals surface area contributed by atoms with Crippen LogP contribution in [0.3, 0.4) is 0 Å². The van der Waals surface area contributed by atoms with Crippen LogP contribution in [0.25, 0.3) is 34.0 Å². The van der Waals surface area contributed by atoms with Crippen LogP contribution >= 0.6 is 0 Å². The number of hydrogen-bond acceptors (Lipinski definition) is 5. The standard InChI is InChI=1S/C25H24N2O3/c1-2-3-4-5-17-6-8-18(9-7-17)19-10-12-20(13-11-19)24-26-27-25(30-24)21-14-22(28)16-23(29)15-21/h6-16,28-29H,2-5H2,1H3. The van der Waals surface area contributed by atoms with Crippen molar-refractivity contribution in [1.29, 1.82) is 0 Å². The monoisotopic (exact) mass is 400 g/mol. The maximum atomic E-state index is 9.64. The molecule has 5 heteroatoms. The van der Waals surface area contributed by atoms with E-state index in [1.54, 1.807) is 0 Å². The summed E-state index contributed by atoms with van der Waals surface area (Å²) in [5.41, 5.74) is 4.93. The number of unbranched alkanes of at least 4 members (excludes halogenated alkanes) is 2. The van der Waals surface area contributed by atoms with Crippen molar-refractivity contribution in [2.75, 3.05) is 0 Å². The number of phenols is 2. The van der Waals surface area contributed by atoms with Crippen molar-refractivity contribution < 1.29 is 14.6 Å². The second-order valence-electron chi connectivity index (χ2n) is 7.38. The van der Waals surface area contributed by atoms with Gasteiger partial charge >= 0.3 is 0 Å². The van der Waals surface area contributed by atoms with Gasteiger partial charge in [-0.05, 0) is 53.8 Å². The minimum atomic E-state index is -0.0644. The van der Waals surface area contributed by atoms with Gasteiger partial charge in [0, 0.05) is 17.2 Å². The third-order valence-corrected chi connectivity index (χ3v) is 5.06. The highest BCUT2D eigenvalue weighted by molar-refractivity contribution is 5.68. The van der Waals surface area contributed by atoms with Crippen molar-refractivity contribution in [2.45, 2.75) is 32.6 Å². The third kappa shape index (κ3) is 4.51. The lowest BCUT2D eigenvalue weighted by Crippen LogP contribution is -1.86. The van der Waals surface area contributed by atoms with Crippen molar-refractivity contribution in [1.82, 2.24) is 10.2 Å². The first-order valence-corrected chi connectivity index (χ1v) is 10.2. The van der Waals surface area contributed by atoms with Crippen LogP contribution in [0.5, 0.6) is 11.5 Å². The Kier molecular flexibility index (Phi) is 5.80. The van der Waals surface area contributed by atoms with Gasteiger partial charge in [-0.3, -0.25) is 0 Å². The summed E-state index contributed by atoms with van der Waals surface area (Å²) in [6.07, 6.45) is 4.87. The summed E-state index contributed by atoms with van der Waals surface area (Å²) >= 11 is 0. The Bertz CT molecular complexity index is 1100. The van der Waals surface area contributed by atoms with Gasteiger partial charge in [0.25, 0.3) is 0 Å². The number of phenolic OH excluding ortho intramolecular Hbond substituents is 2. The molecule has 0 bridgehead atoms. The van der Waals surface area contributed by atoms with Crippen LogP contribution < -0.4 is 0 Å². The van der Waals surface area contributed by atoms with E-state index in [9.17, 15) is 10.2 Å². The number of aromatic hydroxyl groups is 2. The van der Waals surface area contributed by atoms with Crippen molar-refractivity contribution in [3.8, 4) is 45.5 Å². The van der Waals surface area contributed by atoms with Gasteiger partial charge in [0.15, 0.2) is 0 Å². The predicted octanol–water partition coefficient (Wildman–Crippen LogP) is 6.21. The Morgan fingerprint density at radius 1 is 0.667 bits per heavy atom. The zero-order valence-corrected chi connectivity index (χ0v) is 16.9. The van der Waals surface area contributed by atoms with Crippen molar-refractivity contribution in [2.24, 2.45) is 0 Å². The molecule has 0 saturated carbocycles. The molecule has 0 amide bonds. The second-order valence-corrected chi connectivity index (χ2v) is 7.38. The number of aryl methyl sites for hydroxylation is 1. The molecule has 4 rings (SSSR count). The molecule has 1 heterocycles. The van der Waals surface area contributed by atoms with E-state index in [0.29, 0.717) is 11.5 Å². The quantitative estimate of drug-likeness (QED) is 0.360. The van der Waals surface area contributed by atoms with Gasteiger partial charge in [-0.1, -0.05) is 56.2 Å². The van der Waals surface area contributed by atoms with Crippen LogP contribution in [0.15, 0.2) is 71.1 Å².